The van der Waals surface area contributed by atoms with Crippen molar-refractivity contribution in [2.75, 3.05) is 0 Å². The normalized spacial score (nSPS) is 18.3. The Labute approximate surface area is 210 Å². The lowest BCUT2D eigenvalue weighted by Crippen LogP contribution is -2.22. The average Bonchev–Trinajstić information content (AvgIpc) is 3.39. The Morgan fingerprint density at radius 1 is 0.543 bits per heavy atom. The lowest BCUT2D eigenvalue weighted by molar-refractivity contribution is 0.611. The second-order valence-electron chi connectivity index (χ2n) is 9.87. The smallest absolute Gasteiger partial charge is 0.00552 e. The Morgan fingerprint density at radius 2 is 1.09 bits per heavy atom. The number of fused-ring (bicyclic) bond motifs is 2. The molecular formula is C34H31P. The molecule has 35 heavy (non-hydrogen) atoms. The van der Waals surface area contributed by atoms with E-state index in [1.807, 2.05) is 0 Å². The summed E-state index contributed by atoms with van der Waals surface area (Å²) in [6.45, 7) is 4.65. The molecule has 0 aliphatic heterocycles. The van der Waals surface area contributed by atoms with E-state index in [0.29, 0.717) is 11.8 Å². The van der Waals surface area contributed by atoms with E-state index in [-0.39, 0.29) is 0 Å². The van der Waals surface area contributed by atoms with Crippen LogP contribution < -0.4 is 15.9 Å². The van der Waals surface area contributed by atoms with Crippen LogP contribution in [0, 0.1) is 0 Å². The number of benzene rings is 4. The zero-order valence-corrected chi connectivity index (χ0v) is 21.4. The van der Waals surface area contributed by atoms with Gasteiger partial charge in [-0.15, -0.1) is 0 Å². The highest BCUT2D eigenvalue weighted by atomic mass is 31.1. The van der Waals surface area contributed by atoms with Gasteiger partial charge in [-0.1, -0.05) is 126 Å². The molecule has 2 unspecified atom stereocenters. The summed E-state index contributed by atoms with van der Waals surface area (Å²) in [6, 6.07) is 38.1. The van der Waals surface area contributed by atoms with Crippen LogP contribution in [0.15, 0.2) is 114 Å². The fourth-order valence-corrected chi connectivity index (χ4v) is 8.50. The van der Waals surface area contributed by atoms with Crippen LogP contribution in [0.2, 0.25) is 0 Å². The molecule has 172 valence electrons. The van der Waals surface area contributed by atoms with E-state index in [1.54, 1.807) is 0 Å². The van der Waals surface area contributed by atoms with E-state index in [0.717, 1.165) is 0 Å². The first kappa shape index (κ1) is 22.3. The van der Waals surface area contributed by atoms with E-state index < -0.39 is 7.92 Å². The fourth-order valence-electron chi connectivity index (χ4n) is 6.03. The predicted octanol–water partition coefficient (Wildman–Crippen LogP) is 7.93. The number of hydrogen-bond acceptors (Lipinski definition) is 0. The third-order valence-electron chi connectivity index (χ3n) is 7.73. The Balaban J connectivity index is 1.35. The number of hydrogen-bond donors (Lipinski definition) is 0. The van der Waals surface area contributed by atoms with Gasteiger partial charge in [0, 0.05) is 11.8 Å². The van der Waals surface area contributed by atoms with Crippen molar-refractivity contribution < 1.29 is 0 Å². The summed E-state index contributed by atoms with van der Waals surface area (Å²) in [5, 5.41) is 4.32. The molecule has 2 aliphatic carbocycles. The molecule has 0 bridgehead atoms. The maximum absolute atomic E-state index is 2.49. The maximum Gasteiger partial charge on any atom is 0.00552 e. The minimum absolute atomic E-state index is 0.508. The van der Waals surface area contributed by atoms with Crippen LogP contribution in [0.25, 0.3) is 12.2 Å². The van der Waals surface area contributed by atoms with Crippen molar-refractivity contribution in [2.24, 2.45) is 0 Å². The second kappa shape index (κ2) is 9.44. The predicted molar refractivity (Wildman–Crippen MR) is 154 cm³/mol. The van der Waals surface area contributed by atoms with Gasteiger partial charge >= 0.3 is 0 Å². The van der Waals surface area contributed by atoms with Gasteiger partial charge in [0.2, 0.25) is 0 Å². The monoisotopic (exact) mass is 470 g/mol. The topological polar surface area (TPSA) is 0 Å². The van der Waals surface area contributed by atoms with Crippen LogP contribution in [0.1, 0.15) is 60.8 Å². The Bertz CT molecular complexity index is 1370. The van der Waals surface area contributed by atoms with E-state index in [9.17, 15) is 0 Å². The van der Waals surface area contributed by atoms with E-state index in [4.69, 9.17) is 0 Å². The molecule has 0 heterocycles. The highest BCUT2D eigenvalue weighted by Gasteiger charge is 2.30. The third-order valence-corrected chi connectivity index (χ3v) is 10.2. The van der Waals surface area contributed by atoms with Gasteiger partial charge in [0.05, 0.1) is 0 Å². The second-order valence-corrected chi connectivity index (χ2v) is 12.1. The molecule has 0 N–H and O–H groups in total. The molecule has 2 aliphatic rings. The lowest BCUT2D eigenvalue weighted by atomic mass is 9.85. The first-order valence-corrected chi connectivity index (χ1v) is 14.0. The number of allylic oxidation sites excluding steroid dienone is 2. The minimum Gasteiger partial charge on any atom is -0.0652 e. The van der Waals surface area contributed by atoms with Crippen molar-refractivity contribution in [3.8, 4) is 0 Å². The van der Waals surface area contributed by atoms with E-state index in [1.165, 1.54) is 62.2 Å². The zero-order valence-electron chi connectivity index (χ0n) is 20.5. The molecule has 0 radical (unpaired) electrons. The van der Waals surface area contributed by atoms with Crippen molar-refractivity contribution >= 4 is 36.0 Å². The molecule has 6 rings (SSSR count). The van der Waals surface area contributed by atoms with Crippen LogP contribution >= 0.6 is 7.92 Å². The van der Waals surface area contributed by atoms with Gasteiger partial charge in [-0.25, -0.2) is 0 Å². The summed E-state index contributed by atoms with van der Waals surface area (Å²) in [7, 11) is -0.600. The molecule has 0 aromatic heterocycles. The molecule has 0 amide bonds. The number of rotatable bonds is 6. The van der Waals surface area contributed by atoms with Gasteiger partial charge in [-0.2, -0.15) is 0 Å². The zero-order chi connectivity index (χ0) is 23.8. The van der Waals surface area contributed by atoms with Gasteiger partial charge in [0.1, 0.15) is 0 Å². The van der Waals surface area contributed by atoms with Crippen molar-refractivity contribution in [1.82, 2.24) is 0 Å². The van der Waals surface area contributed by atoms with E-state index in [2.05, 4.69) is 129 Å². The minimum atomic E-state index is -0.600. The largest absolute Gasteiger partial charge is 0.0652 e. The van der Waals surface area contributed by atoms with Gasteiger partial charge < -0.3 is 0 Å². The molecule has 0 saturated heterocycles. The molecule has 2 atom stereocenters. The summed E-state index contributed by atoms with van der Waals surface area (Å²) in [5.74, 6) is 1.06. The molecule has 4 aromatic carbocycles. The average molecular weight is 471 g/mol. The van der Waals surface area contributed by atoms with Crippen molar-refractivity contribution in [1.29, 1.82) is 0 Å². The SMILES string of the molecule is CC1=Cc2ccccc2C1CCC1C(C)=Cc2c1cccc2P(c1ccccc1)c1ccccc1. The lowest BCUT2D eigenvalue weighted by Gasteiger charge is -2.23. The van der Waals surface area contributed by atoms with E-state index >= 15 is 0 Å². The fraction of sp³-hybridized carbons (Fsp3) is 0.176. The van der Waals surface area contributed by atoms with Gasteiger partial charge in [0.25, 0.3) is 0 Å². The molecule has 4 aromatic rings. The van der Waals surface area contributed by atoms with Crippen LogP contribution in [0.3, 0.4) is 0 Å². The first-order valence-electron chi connectivity index (χ1n) is 12.7. The summed E-state index contributed by atoms with van der Waals surface area (Å²) in [4.78, 5) is 0. The van der Waals surface area contributed by atoms with Gasteiger partial charge in [-0.3, -0.25) is 0 Å². The van der Waals surface area contributed by atoms with Gasteiger partial charge in [-0.05, 0) is 72.8 Å². The van der Waals surface area contributed by atoms with Crippen LogP contribution in [0.5, 0.6) is 0 Å². The summed E-state index contributed by atoms with van der Waals surface area (Å²) in [6.07, 6.45) is 7.26. The quantitative estimate of drug-likeness (QED) is 0.251. The highest BCUT2D eigenvalue weighted by molar-refractivity contribution is 7.80. The summed E-state index contributed by atoms with van der Waals surface area (Å²) >= 11 is 0. The Morgan fingerprint density at radius 3 is 1.77 bits per heavy atom. The Kier molecular flexibility index (Phi) is 6.01. The van der Waals surface area contributed by atoms with Crippen molar-refractivity contribution in [3.05, 3.63) is 137 Å². The molecule has 0 nitrogen and oxygen atoms in total. The van der Waals surface area contributed by atoms with Crippen molar-refractivity contribution in [3.63, 3.8) is 0 Å². The third kappa shape index (κ3) is 4.11. The Hall–Kier alpha value is -3.21. The first-order chi connectivity index (χ1) is 17.2. The van der Waals surface area contributed by atoms with Gasteiger partial charge in [0.15, 0.2) is 0 Å². The molecule has 1 heteroatoms. The van der Waals surface area contributed by atoms with Crippen LogP contribution in [-0.2, 0) is 0 Å². The van der Waals surface area contributed by atoms with Crippen LogP contribution in [0.4, 0.5) is 0 Å². The van der Waals surface area contributed by atoms with Crippen LogP contribution in [-0.4, -0.2) is 0 Å². The standard InChI is InChI=1S/C34H31P/c1-24-22-26-12-9-10-17-31(26)29(24)20-21-30-25(2)23-33-32(30)18-11-19-34(33)35(27-13-5-3-6-14-27)28-15-7-4-8-16-28/h3-19,22-23,29-30H,20-21H2,1-2H3. The summed E-state index contributed by atoms with van der Waals surface area (Å²) in [5.41, 5.74) is 8.93. The molecular weight excluding hydrogens is 439 g/mol. The summed E-state index contributed by atoms with van der Waals surface area (Å²) < 4.78 is 0. The molecule has 0 fully saturated rings. The van der Waals surface area contributed by atoms with Crippen molar-refractivity contribution in [2.45, 2.75) is 38.5 Å². The maximum atomic E-state index is 2.49. The molecule has 0 spiro atoms. The molecule has 0 saturated carbocycles. The highest BCUT2D eigenvalue weighted by Crippen LogP contribution is 2.46.